The minimum atomic E-state index is 0.189. The van der Waals surface area contributed by atoms with Crippen LogP contribution in [0, 0.1) is 6.92 Å². The van der Waals surface area contributed by atoms with Gasteiger partial charge >= 0.3 is 0 Å². The Balaban J connectivity index is 2.05. The zero-order chi connectivity index (χ0) is 14.3. The molecule has 2 aromatic heterocycles. The molecule has 0 amide bonds. The molecule has 0 bridgehead atoms. The lowest BCUT2D eigenvalue weighted by Crippen LogP contribution is -2.10. The summed E-state index contributed by atoms with van der Waals surface area (Å²) in [4.78, 5) is 4.74. The predicted molar refractivity (Wildman–Crippen MR) is 84.1 cm³/mol. The maximum Gasteiger partial charge on any atom is 0.140 e. The van der Waals surface area contributed by atoms with Crippen LogP contribution < -0.4 is 0 Å². The van der Waals surface area contributed by atoms with E-state index in [1.165, 1.54) is 16.7 Å². The summed E-state index contributed by atoms with van der Waals surface area (Å²) in [7, 11) is 0. The van der Waals surface area contributed by atoms with Gasteiger partial charge in [0, 0.05) is 18.0 Å². The third-order valence-corrected chi connectivity index (χ3v) is 3.72. The predicted octanol–water partition coefficient (Wildman–Crippen LogP) is 4.61. The van der Waals surface area contributed by atoms with Gasteiger partial charge in [0.2, 0.25) is 0 Å². The van der Waals surface area contributed by atoms with Crippen molar-refractivity contribution in [1.29, 1.82) is 0 Å². The topological polar surface area (TPSA) is 17.3 Å². The van der Waals surface area contributed by atoms with Crippen molar-refractivity contribution in [3.05, 3.63) is 59.9 Å². The number of aryl methyl sites for hydroxylation is 1. The fraction of sp³-hybridized carbons (Fsp3) is 0.278. The number of benzene rings is 1. The molecule has 0 aliphatic heterocycles. The lowest BCUT2D eigenvalue weighted by molar-refractivity contribution is 0.590. The number of hydrogen-bond acceptors (Lipinski definition) is 1. The van der Waals surface area contributed by atoms with E-state index in [1.54, 1.807) is 0 Å². The molecule has 0 aliphatic rings. The molecule has 2 heterocycles. The molecule has 2 nitrogen and oxygen atoms in total. The number of fused-ring (bicyclic) bond motifs is 1. The van der Waals surface area contributed by atoms with Crippen LogP contribution in [0.2, 0.25) is 0 Å². The highest BCUT2D eigenvalue weighted by Crippen LogP contribution is 2.26. The lowest BCUT2D eigenvalue weighted by Gasteiger charge is -2.18. The van der Waals surface area contributed by atoms with Crippen molar-refractivity contribution in [3.63, 3.8) is 0 Å². The summed E-state index contributed by atoms with van der Waals surface area (Å²) >= 11 is 0. The zero-order valence-corrected chi connectivity index (χ0v) is 12.5. The van der Waals surface area contributed by atoms with Gasteiger partial charge in [0.15, 0.2) is 0 Å². The Hall–Kier alpha value is -2.09. The van der Waals surface area contributed by atoms with Crippen LogP contribution in [0.25, 0.3) is 16.9 Å². The molecule has 102 valence electrons. The summed E-state index contributed by atoms with van der Waals surface area (Å²) in [6, 6.07) is 12.9. The van der Waals surface area contributed by atoms with Gasteiger partial charge in [-0.05, 0) is 29.5 Å². The van der Waals surface area contributed by atoms with E-state index < -0.39 is 0 Å². The average Bonchev–Trinajstić information content (AvgIpc) is 2.83. The second-order valence-electron chi connectivity index (χ2n) is 6.38. The molecule has 1 aromatic carbocycles. The van der Waals surface area contributed by atoms with Crippen molar-refractivity contribution >= 4 is 5.65 Å². The molecule has 20 heavy (non-hydrogen) atoms. The Bertz CT molecular complexity index is 743. The Kier molecular flexibility index (Phi) is 2.89. The molecule has 3 aromatic rings. The fourth-order valence-electron chi connectivity index (χ4n) is 2.43. The molecule has 0 saturated carbocycles. The highest BCUT2D eigenvalue weighted by molar-refractivity contribution is 5.64. The second kappa shape index (κ2) is 4.48. The maximum atomic E-state index is 4.74. The quantitative estimate of drug-likeness (QED) is 0.627. The van der Waals surface area contributed by atoms with Crippen LogP contribution in [0.4, 0.5) is 0 Å². The molecule has 0 saturated heterocycles. The van der Waals surface area contributed by atoms with Gasteiger partial charge in [0.05, 0.1) is 5.69 Å². The van der Waals surface area contributed by atoms with Crippen LogP contribution in [0.1, 0.15) is 31.9 Å². The third-order valence-electron chi connectivity index (χ3n) is 3.72. The zero-order valence-electron chi connectivity index (χ0n) is 12.5. The van der Waals surface area contributed by atoms with E-state index in [-0.39, 0.29) is 5.41 Å². The van der Waals surface area contributed by atoms with Crippen molar-refractivity contribution in [2.24, 2.45) is 0 Å². The lowest BCUT2D eigenvalue weighted by atomic mass is 9.86. The number of aromatic nitrogens is 2. The van der Waals surface area contributed by atoms with Gasteiger partial charge < -0.3 is 4.40 Å². The van der Waals surface area contributed by atoms with E-state index in [9.17, 15) is 0 Å². The summed E-state index contributed by atoms with van der Waals surface area (Å²) in [5, 5.41) is 0. The summed E-state index contributed by atoms with van der Waals surface area (Å²) in [5.41, 5.74) is 5.96. The molecule has 2 heteroatoms. The van der Waals surface area contributed by atoms with Crippen LogP contribution in [0.5, 0.6) is 0 Å². The Morgan fingerprint density at radius 1 is 1.00 bits per heavy atom. The van der Waals surface area contributed by atoms with Gasteiger partial charge in [0.1, 0.15) is 5.65 Å². The van der Waals surface area contributed by atoms with Gasteiger partial charge in [-0.3, -0.25) is 0 Å². The molecule has 0 radical (unpaired) electrons. The van der Waals surface area contributed by atoms with Crippen LogP contribution in [-0.4, -0.2) is 9.38 Å². The van der Waals surface area contributed by atoms with E-state index in [2.05, 4.69) is 74.7 Å². The summed E-state index contributed by atoms with van der Waals surface area (Å²) < 4.78 is 2.09. The summed E-state index contributed by atoms with van der Waals surface area (Å²) in [6.07, 6.45) is 4.14. The van der Waals surface area contributed by atoms with Gasteiger partial charge in [-0.2, -0.15) is 0 Å². The second-order valence-corrected chi connectivity index (χ2v) is 6.38. The van der Waals surface area contributed by atoms with E-state index in [0.29, 0.717) is 0 Å². The van der Waals surface area contributed by atoms with Gasteiger partial charge in [-0.25, -0.2) is 4.98 Å². The normalized spacial score (nSPS) is 12.0. The average molecular weight is 264 g/mol. The molecule has 0 atom stereocenters. The monoisotopic (exact) mass is 264 g/mol. The Morgan fingerprint density at radius 3 is 2.30 bits per heavy atom. The first-order valence-electron chi connectivity index (χ1n) is 7.00. The van der Waals surface area contributed by atoms with E-state index in [4.69, 9.17) is 4.98 Å². The number of imidazole rings is 1. The van der Waals surface area contributed by atoms with Crippen molar-refractivity contribution in [2.75, 3.05) is 0 Å². The van der Waals surface area contributed by atoms with E-state index in [0.717, 1.165) is 11.3 Å². The minimum Gasteiger partial charge on any atom is -0.306 e. The first kappa shape index (κ1) is 12.9. The third kappa shape index (κ3) is 2.22. The first-order chi connectivity index (χ1) is 9.45. The minimum absolute atomic E-state index is 0.189. The summed E-state index contributed by atoms with van der Waals surface area (Å²) in [6.45, 7) is 8.79. The summed E-state index contributed by atoms with van der Waals surface area (Å²) in [5.74, 6) is 0. The van der Waals surface area contributed by atoms with Crippen LogP contribution >= 0.6 is 0 Å². The molecule has 0 aliphatic carbocycles. The number of hydrogen-bond donors (Lipinski definition) is 0. The van der Waals surface area contributed by atoms with E-state index >= 15 is 0 Å². The number of nitrogens with zero attached hydrogens (tertiary/aromatic N) is 2. The fourth-order valence-corrected chi connectivity index (χ4v) is 2.43. The smallest absolute Gasteiger partial charge is 0.140 e. The van der Waals surface area contributed by atoms with E-state index in [1.807, 2.05) is 6.20 Å². The molecule has 0 spiro atoms. The molecular formula is C18H20N2. The van der Waals surface area contributed by atoms with Gasteiger partial charge in [-0.1, -0.05) is 51.1 Å². The van der Waals surface area contributed by atoms with Crippen molar-refractivity contribution < 1.29 is 0 Å². The van der Waals surface area contributed by atoms with Crippen molar-refractivity contribution in [1.82, 2.24) is 9.38 Å². The molecule has 0 unspecified atom stereocenters. The first-order valence-corrected chi connectivity index (χ1v) is 7.00. The highest BCUT2D eigenvalue weighted by Gasteiger charge is 2.13. The SMILES string of the molecule is Cc1cccn2cc(-c3ccc(C(C)(C)C)cc3)nc12. The molecule has 3 rings (SSSR count). The van der Waals surface area contributed by atoms with Gasteiger partial charge in [0.25, 0.3) is 0 Å². The van der Waals surface area contributed by atoms with Crippen molar-refractivity contribution in [3.8, 4) is 11.3 Å². The Labute approximate surface area is 120 Å². The van der Waals surface area contributed by atoms with Gasteiger partial charge in [-0.15, -0.1) is 0 Å². The van der Waals surface area contributed by atoms with Crippen LogP contribution in [0.3, 0.4) is 0 Å². The number of pyridine rings is 1. The Morgan fingerprint density at radius 2 is 1.70 bits per heavy atom. The largest absolute Gasteiger partial charge is 0.306 e. The highest BCUT2D eigenvalue weighted by atomic mass is 15.0. The maximum absolute atomic E-state index is 4.74. The standard InChI is InChI=1S/C18H20N2/c1-13-6-5-11-20-12-16(19-17(13)20)14-7-9-15(10-8-14)18(2,3)4/h5-12H,1-4H3. The molecular weight excluding hydrogens is 244 g/mol. The van der Waals surface area contributed by atoms with Crippen LogP contribution in [-0.2, 0) is 5.41 Å². The molecule has 0 N–H and O–H groups in total. The molecule has 0 fully saturated rings. The van der Waals surface area contributed by atoms with Crippen molar-refractivity contribution in [2.45, 2.75) is 33.1 Å². The number of rotatable bonds is 1. The van der Waals surface area contributed by atoms with Crippen LogP contribution in [0.15, 0.2) is 48.8 Å².